The van der Waals surface area contributed by atoms with Gasteiger partial charge in [-0.3, -0.25) is 4.79 Å². The SMILES string of the molecule is CCN1CCC(NC(=O)c2cc(OC)ccc2Br)CC1. The van der Waals surface area contributed by atoms with E-state index in [9.17, 15) is 4.79 Å². The predicted molar refractivity (Wildman–Crippen MR) is 83.3 cm³/mol. The number of piperidine rings is 1. The number of carbonyl (C=O) groups is 1. The summed E-state index contributed by atoms with van der Waals surface area (Å²) in [5.74, 6) is 0.657. The number of amides is 1. The number of hydrogen-bond acceptors (Lipinski definition) is 3. The molecule has 1 aliphatic rings. The van der Waals surface area contributed by atoms with E-state index in [2.05, 4.69) is 33.1 Å². The Balaban J connectivity index is 1.98. The number of hydrogen-bond donors (Lipinski definition) is 1. The maximum Gasteiger partial charge on any atom is 0.252 e. The van der Waals surface area contributed by atoms with Crippen molar-refractivity contribution in [3.63, 3.8) is 0 Å². The zero-order chi connectivity index (χ0) is 14.5. The van der Waals surface area contributed by atoms with Crippen LogP contribution in [0.4, 0.5) is 0 Å². The van der Waals surface area contributed by atoms with E-state index in [0.717, 1.165) is 36.9 Å². The summed E-state index contributed by atoms with van der Waals surface area (Å²) < 4.78 is 5.96. The third-order valence-corrected chi connectivity index (χ3v) is 4.48. The predicted octanol–water partition coefficient (Wildman–Crippen LogP) is 2.67. The number of benzene rings is 1. The summed E-state index contributed by atoms with van der Waals surface area (Å²) in [4.78, 5) is 14.7. The van der Waals surface area contributed by atoms with Gasteiger partial charge in [0.05, 0.1) is 12.7 Å². The molecule has 4 nitrogen and oxygen atoms in total. The topological polar surface area (TPSA) is 41.6 Å². The Morgan fingerprint density at radius 1 is 1.45 bits per heavy atom. The smallest absolute Gasteiger partial charge is 0.252 e. The van der Waals surface area contributed by atoms with Crippen molar-refractivity contribution in [3.8, 4) is 5.75 Å². The average Bonchev–Trinajstić information content (AvgIpc) is 2.48. The summed E-state index contributed by atoms with van der Waals surface area (Å²) in [5, 5.41) is 3.12. The molecule has 0 unspecified atom stereocenters. The van der Waals surface area contributed by atoms with Gasteiger partial charge < -0.3 is 15.0 Å². The Morgan fingerprint density at radius 3 is 2.75 bits per heavy atom. The number of nitrogens with one attached hydrogen (secondary N) is 1. The quantitative estimate of drug-likeness (QED) is 0.916. The molecule has 0 bridgehead atoms. The van der Waals surface area contributed by atoms with Gasteiger partial charge in [-0.1, -0.05) is 6.92 Å². The molecule has 1 amide bonds. The lowest BCUT2D eigenvalue weighted by Gasteiger charge is -2.31. The van der Waals surface area contributed by atoms with Crippen LogP contribution in [0.5, 0.6) is 5.75 Å². The number of carbonyl (C=O) groups excluding carboxylic acids is 1. The number of nitrogens with zero attached hydrogens (tertiary/aromatic N) is 1. The molecule has 20 heavy (non-hydrogen) atoms. The van der Waals surface area contributed by atoms with Gasteiger partial charge in [-0.25, -0.2) is 0 Å². The van der Waals surface area contributed by atoms with Gasteiger partial charge in [-0.15, -0.1) is 0 Å². The van der Waals surface area contributed by atoms with Gasteiger partial charge in [0, 0.05) is 23.6 Å². The van der Waals surface area contributed by atoms with E-state index in [1.807, 2.05) is 12.1 Å². The zero-order valence-corrected chi connectivity index (χ0v) is 13.6. The van der Waals surface area contributed by atoms with Crippen LogP contribution in [0.2, 0.25) is 0 Å². The number of ether oxygens (including phenoxy) is 1. The van der Waals surface area contributed by atoms with Crippen LogP contribution < -0.4 is 10.1 Å². The van der Waals surface area contributed by atoms with Crippen LogP contribution >= 0.6 is 15.9 Å². The maximum absolute atomic E-state index is 12.3. The van der Waals surface area contributed by atoms with Crippen molar-refractivity contribution in [2.24, 2.45) is 0 Å². The standard InChI is InChI=1S/C15H21BrN2O2/c1-3-18-8-6-11(7-9-18)17-15(19)13-10-12(20-2)4-5-14(13)16/h4-5,10-11H,3,6-9H2,1-2H3,(H,17,19). The van der Waals surface area contributed by atoms with Gasteiger partial charge in [-0.05, 0) is 53.5 Å². The summed E-state index contributed by atoms with van der Waals surface area (Å²) >= 11 is 3.42. The fraction of sp³-hybridized carbons (Fsp3) is 0.533. The minimum absolute atomic E-state index is 0.0364. The first-order valence-electron chi connectivity index (χ1n) is 7.00. The summed E-state index contributed by atoms with van der Waals surface area (Å²) in [7, 11) is 1.60. The van der Waals surface area contributed by atoms with E-state index in [0.29, 0.717) is 11.3 Å². The van der Waals surface area contributed by atoms with Crippen molar-refractivity contribution < 1.29 is 9.53 Å². The maximum atomic E-state index is 12.3. The molecule has 0 atom stereocenters. The van der Waals surface area contributed by atoms with Gasteiger partial charge in [-0.2, -0.15) is 0 Å². The lowest BCUT2D eigenvalue weighted by atomic mass is 10.0. The molecule has 0 aliphatic carbocycles. The molecule has 0 aromatic heterocycles. The van der Waals surface area contributed by atoms with Crippen molar-refractivity contribution >= 4 is 21.8 Å². The third kappa shape index (κ3) is 3.73. The van der Waals surface area contributed by atoms with Crippen LogP contribution in [0.15, 0.2) is 22.7 Å². The number of rotatable bonds is 4. The molecule has 1 heterocycles. The Labute approximate surface area is 128 Å². The summed E-state index contributed by atoms with van der Waals surface area (Å²) in [6.07, 6.45) is 2.03. The van der Waals surface area contributed by atoms with E-state index in [1.54, 1.807) is 13.2 Å². The Hall–Kier alpha value is -1.07. The molecule has 1 saturated heterocycles. The highest BCUT2D eigenvalue weighted by molar-refractivity contribution is 9.10. The molecule has 5 heteroatoms. The van der Waals surface area contributed by atoms with E-state index < -0.39 is 0 Å². The summed E-state index contributed by atoms with van der Waals surface area (Å²) in [6.45, 7) is 5.37. The highest BCUT2D eigenvalue weighted by Crippen LogP contribution is 2.23. The van der Waals surface area contributed by atoms with Crippen LogP contribution in [-0.4, -0.2) is 43.6 Å². The molecule has 1 aromatic rings. The monoisotopic (exact) mass is 340 g/mol. The average molecular weight is 341 g/mol. The third-order valence-electron chi connectivity index (χ3n) is 3.79. The first-order chi connectivity index (χ1) is 9.63. The first kappa shape index (κ1) is 15.3. The molecule has 1 N–H and O–H groups in total. The van der Waals surface area contributed by atoms with Gasteiger partial charge in [0.2, 0.25) is 0 Å². The van der Waals surface area contributed by atoms with Crippen molar-refractivity contribution in [2.75, 3.05) is 26.7 Å². The molecule has 0 radical (unpaired) electrons. The fourth-order valence-electron chi connectivity index (χ4n) is 2.46. The van der Waals surface area contributed by atoms with E-state index >= 15 is 0 Å². The Morgan fingerprint density at radius 2 is 2.15 bits per heavy atom. The Bertz CT molecular complexity index is 471. The lowest BCUT2D eigenvalue weighted by molar-refractivity contribution is 0.0911. The summed E-state index contributed by atoms with van der Waals surface area (Å²) in [6, 6.07) is 5.71. The number of halogens is 1. The summed E-state index contributed by atoms with van der Waals surface area (Å²) in [5.41, 5.74) is 0.627. The van der Waals surface area contributed by atoms with Gasteiger partial charge >= 0.3 is 0 Å². The van der Waals surface area contributed by atoms with Crippen LogP contribution in [0.1, 0.15) is 30.1 Å². The van der Waals surface area contributed by atoms with Crippen LogP contribution in [0.25, 0.3) is 0 Å². The molecule has 0 saturated carbocycles. The molecular formula is C15H21BrN2O2. The van der Waals surface area contributed by atoms with Gasteiger partial charge in [0.25, 0.3) is 5.91 Å². The Kier molecular flexibility index (Phi) is 5.43. The van der Waals surface area contributed by atoms with Crippen LogP contribution in [0, 0.1) is 0 Å². The normalized spacial score (nSPS) is 16.9. The minimum Gasteiger partial charge on any atom is -0.497 e. The fourth-order valence-corrected chi connectivity index (χ4v) is 2.89. The van der Waals surface area contributed by atoms with E-state index in [1.165, 1.54) is 0 Å². The van der Waals surface area contributed by atoms with E-state index in [-0.39, 0.29) is 11.9 Å². The van der Waals surface area contributed by atoms with Gasteiger partial charge in [0.1, 0.15) is 5.75 Å². The highest BCUT2D eigenvalue weighted by atomic mass is 79.9. The van der Waals surface area contributed by atoms with Crippen molar-refractivity contribution in [1.29, 1.82) is 0 Å². The van der Waals surface area contributed by atoms with Crippen LogP contribution in [-0.2, 0) is 0 Å². The molecule has 1 aliphatic heterocycles. The molecule has 0 spiro atoms. The van der Waals surface area contributed by atoms with Crippen LogP contribution in [0.3, 0.4) is 0 Å². The zero-order valence-electron chi connectivity index (χ0n) is 12.0. The molecule has 1 fully saturated rings. The van der Waals surface area contributed by atoms with Gasteiger partial charge in [0.15, 0.2) is 0 Å². The molecular weight excluding hydrogens is 320 g/mol. The number of likely N-dealkylation sites (tertiary alicyclic amines) is 1. The minimum atomic E-state index is -0.0364. The largest absolute Gasteiger partial charge is 0.497 e. The molecule has 110 valence electrons. The van der Waals surface area contributed by atoms with Crippen molar-refractivity contribution in [1.82, 2.24) is 10.2 Å². The van der Waals surface area contributed by atoms with Crippen molar-refractivity contribution in [2.45, 2.75) is 25.8 Å². The number of methoxy groups -OCH3 is 1. The second-order valence-corrected chi connectivity index (χ2v) is 5.88. The van der Waals surface area contributed by atoms with E-state index in [4.69, 9.17) is 4.74 Å². The highest BCUT2D eigenvalue weighted by Gasteiger charge is 2.21. The first-order valence-corrected chi connectivity index (χ1v) is 7.80. The second-order valence-electron chi connectivity index (χ2n) is 5.03. The second kappa shape index (κ2) is 7.09. The van der Waals surface area contributed by atoms with Crippen molar-refractivity contribution in [3.05, 3.63) is 28.2 Å². The molecule has 1 aromatic carbocycles. The molecule has 2 rings (SSSR count). The lowest BCUT2D eigenvalue weighted by Crippen LogP contribution is -2.44.